The molecule has 2 aromatic rings. The quantitative estimate of drug-likeness (QED) is 0.292. The van der Waals surface area contributed by atoms with Gasteiger partial charge in [-0.25, -0.2) is 0 Å². The summed E-state index contributed by atoms with van der Waals surface area (Å²) >= 11 is 0. The van der Waals surface area contributed by atoms with Gasteiger partial charge in [0.1, 0.15) is 5.76 Å². The number of nitrogens with one attached hydrogen (secondary N) is 3. The van der Waals surface area contributed by atoms with E-state index < -0.39 is 0 Å². The van der Waals surface area contributed by atoms with Crippen molar-refractivity contribution in [1.82, 2.24) is 15.5 Å². The average Bonchev–Trinajstić information content (AvgIpc) is 3.25. The number of carbonyl (C=O) groups excluding carboxylic acids is 1. The van der Waals surface area contributed by atoms with Crippen LogP contribution in [0.4, 0.5) is 5.69 Å². The van der Waals surface area contributed by atoms with Crippen LogP contribution in [0.25, 0.3) is 0 Å². The van der Waals surface area contributed by atoms with E-state index in [1.54, 1.807) is 13.3 Å². The Morgan fingerprint density at radius 1 is 1.17 bits per heavy atom. The Labute approximate surface area is 195 Å². The smallest absolute Gasteiger partial charge is 0.221 e. The third-order valence-electron chi connectivity index (χ3n) is 5.10. The van der Waals surface area contributed by atoms with Gasteiger partial charge in [-0.1, -0.05) is 18.6 Å². The van der Waals surface area contributed by atoms with E-state index in [-0.39, 0.29) is 35.9 Å². The third kappa shape index (κ3) is 7.32. The lowest BCUT2D eigenvalue weighted by Gasteiger charge is -2.33. The molecule has 1 atom stereocenters. The van der Waals surface area contributed by atoms with Crippen LogP contribution in [0.15, 0.2) is 52.1 Å². The van der Waals surface area contributed by atoms with Crippen molar-refractivity contribution in [2.24, 2.45) is 4.99 Å². The van der Waals surface area contributed by atoms with Crippen LogP contribution in [0.2, 0.25) is 0 Å². The van der Waals surface area contributed by atoms with E-state index in [2.05, 4.69) is 25.8 Å². The number of furan rings is 1. The van der Waals surface area contributed by atoms with Gasteiger partial charge >= 0.3 is 0 Å². The Morgan fingerprint density at radius 2 is 1.97 bits per heavy atom. The summed E-state index contributed by atoms with van der Waals surface area (Å²) in [5.74, 6) is 1.65. The van der Waals surface area contributed by atoms with E-state index in [0.29, 0.717) is 6.54 Å². The number of carbonyl (C=O) groups is 1. The number of benzene rings is 1. The fourth-order valence-electron chi connectivity index (χ4n) is 3.68. The van der Waals surface area contributed by atoms with Crippen LogP contribution in [0, 0.1) is 0 Å². The van der Waals surface area contributed by atoms with E-state index in [1.165, 1.54) is 26.2 Å². The minimum Gasteiger partial charge on any atom is -0.468 e. The predicted octanol–water partition coefficient (Wildman–Crippen LogP) is 3.75. The Kier molecular flexibility index (Phi) is 10.2. The fraction of sp³-hybridized carbons (Fsp3) is 0.455. The zero-order chi connectivity index (χ0) is 20.5. The maximum atomic E-state index is 11.2. The largest absolute Gasteiger partial charge is 0.468 e. The molecule has 0 saturated carbocycles. The van der Waals surface area contributed by atoms with Crippen molar-refractivity contribution in [2.45, 2.75) is 38.8 Å². The highest BCUT2D eigenvalue weighted by Gasteiger charge is 2.24. The van der Waals surface area contributed by atoms with Crippen molar-refractivity contribution in [3.8, 4) is 0 Å². The van der Waals surface area contributed by atoms with E-state index in [0.717, 1.165) is 42.6 Å². The molecule has 1 unspecified atom stereocenters. The van der Waals surface area contributed by atoms with Gasteiger partial charge in [0.05, 0.1) is 12.3 Å². The van der Waals surface area contributed by atoms with Gasteiger partial charge in [-0.2, -0.15) is 0 Å². The maximum Gasteiger partial charge on any atom is 0.221 e. The van der Waals surface area contributed by atoms with E-state index >= 15 is 0 Å². The summed E-state index contributed by atoms with van der Waals surface area (Å²) in [4.78, 5) is 18.1. The number of rotatable bonds is 7. The Hall–Kier alpha value is -2.07. The molecule has 7 nitrogen and oxygen atoms in total. The molecule has 3 rings (SSSR count). The van der Waals surface area contributed by atoms with Gasteiger partial charge in [-0.3, -0.25) is 14.7 Å². The molecule has 164 valence electrons. The molecule has 0 spiro atoms. The van der Waals surface area contributed by atoms with E-state index in [9.17, 15) is 4.79 Å². The first-order chi connectivity index (χ1) is 14.2. The summed E-state index contributed by atoms with van der Waals surface area (Å²) in [6.45, 7) is 5.03. The predicted molar refractivity (Wildman–Crippen MR) is 131 cm³/mol. The summed E-state index contributed by atoms with van der Waals surface area (Å²) in [5.41, 5.74) is 1.86. The number of hydrogen-bond acceptors (Lipinski definition) is 4. The second-order valence-corrected chi connectivity index (χ2v) is 7.32. The molecule has 1 fully saturated rings. The second kappa shape index (κ2) is 12.6. The number of hydrogen-bond donors (Lipinski definition) is 3. The number of guanidine groups is 1. The van der Waals surface area contributed by atoms with Gasteiger partial charge in [0.2, 0.25) is 5.91 Å². The van der Waals surface area contributed by atoms with Gasteiger partial charge in [0, 0.05) is 32.7 Å². The van der Waals surface area contributed by atoms with Crippen molar-refractivity contribution in [3.63, 3.8) is 0 Å². The number of halogens is 1. The molecule has 1 saturated heterocycles. The zero-order valence-electron chi connectivity index (χ0n) is 17.7. The average molecular weight is 525 g/mol. The van der Waals surface area contributed by atoms with Crippen LogP contribution in [0.1, 0.15) is 43.6 Å². The van der Waals surface area contributed by atoms with Crippen LogP contribution in [-0.4, -0.2) is 43.4 Å². The number of anilines is 1. The lowest BCUT2D eigenvalue weighted by Crippen LogP contribution is -2.44. The Morgan fingerprint density at radius 3 is 2.63 bits per heavy atom. The maximum absolute atomic E-state index is 11.2. The highest BCUT2D eigenvalue weighted by atomic mass is 127. The molecule has 1 aliphatic heterocycles. The van der Waals surface area contributed by atoms with Crippen molar-refractivity contribution < 1.29 is 9.21 Å². The second-order valence-electron chi connectivity index (χ2n) is 7.32. The van der Waals surface area contributed by atoms with Crippen LogP contribution in [0.5, 0.6) is 0 Å². The van der Waals surface area contributed by atoms with Crippen LogP contribution >= 0.6 is 24.0 Å². The molecule has 1 aliphatic rings. The lowest BCUT2D eigenvalue weighted by molar-refractivity contribution is -0.114. The highest BCUT2D eigenvalue weighted by molar-refractivity contribution is 14.0. The number of nitrogens with zero attached hydrogens (tertiary/aromatic N) is 2. The van der Waals surface area contributed by atoms with Gasteiger partial charge in [0.25, 0.3) is 0 Å². The summed E-state index contributed by atoms with van der Waals surface area (Å²) in [5, 5.41) is 9.60. The van der Waals surface area contributed by atoms with Crippen LogP contribution in [0.3, 0.4) is 0 Å². The molecule has 2 heterocycles. The molecular weight excluding hydrogens is 493 g/mol. The topological polar surface area (TPSA) is 81.9 Å². The summed E-state index contributed by atoms with van der Waals surface area (Å²) < 4.78 is 5.71. The molecule has 0 bridgehead atoms. The number of amides is 1. The number of aliphatic imine (C=N–C) groups is 1. The summed E-state index contributed by atoms with van der Waals surface area (Å²) in [7, 11) is 1.77. The Bertz CT molecular complexity index is 804. The molecule has 0 radical (unpaired) electrons. The van der Waals surface area contributed by atoms with E-state index in [4.69, 9.17) is 4.42 Å². The third-order valence-corrected chi connectivity index (χ3v) is 5.10. The highest BCUT2D eigenvalue weighted by Crippen LogP contribution is 2.24. The number of piperidine rings is 1. The first-order valence-corrected chi connectivity index (χ1v) is 10.2. The zero-order valence-corrected chi connectivity index (χ0v) is 20.0. The van der Waals surface area contributed by atoms with E-state index in [1.807, 2.05) is 36.4 Å². The summed E-state index contributed by atoms with van der Waals surface area (Å²) in [6.07, 6.45) is 5.50. The molecule has 1 aromatic carbocycles. The van der Waals surface area contributed by atoms with Gasteiger partial charge in [-0.15, -0.1) is 24.0 Å². The van der Waals surface area contributed by atoms with Crippen LogP contribution in [-0.2, 0) is 11.3 Å². The Balaban J connectivity index is 0.00000320. The standard InChI is InChI=1S/C22H31N5O2.HI/c1-17(28)26-19-9-6-8-18(14-19)15-24-22(23-2)25-16-20(21-10-7-13-29-21)27-11-4-3-5-12-27;/h6-10,13-14,20H,3-5,11-12,15-16H2,1-2H3,(H,26,28)(H2,23,24,25);1H. The SMILES string of the molecule is CN=C(NCc1cccc(NC(C)=O)c1)NCC(c1ccco1)N1CCCCC1.I. The molecule has 8 heteroatoms. The summed E-state index contributed by atoms with van der Waals surface area (Å²) in [6, 6.07) is 12.0. The van der Waals surface area contributed by atoms with Crippen LogP contribution < -0.4 is 16.0 Å². The molecule has 3 N–H and O–H groups in total. The molecule has 1 amide bonds. The molecule has 30 heavy (non-hydrogen) atoms. The van der Waals surface area contributed by atoms with Gasteiger partial charge in [0.15, 0.2) is 5.96 Å². The molecule has 1 aromatic heterocycles. The van der Waals surface area contributed by atoms with Crippen molar-refractivity contribution in [1.29, 1.82) is 0 Å². The molecular formula is C22H32IN5O2. The van der Waals surface area contributed by atoms with Gasteiger partial charge < -0.3 is 20.4 Å². The van der Waals surface area contributed by atoms with Crippen molar-refractivity contribution in [3.05, 3.63) is 54.0 Å². The molecule has 0 aliphatic carbocycles. The monoisotopic (exact) mass is 525 g/mol. The first kappa shape index (κ1) is 24.2. The van der Waals surface area contributed by atoms with Crippen molar-refractivity contribution in [2.75, 3.05) is 32.0 Å². The van der Waals surface area contributed by atoms with Gasteiger partial charge in [-0.05, 0) is 55.8 Å². The first-order valence-electron chi connectivity index (χ1n) is 10.2. The number of likely N-dealkylation sites (tertiary alicyclic amines) is 1. The van der Waals surface area contributed by atoms with Crippen molar-refractivity contribution >= 4 is 41.5 Å². The minimum absolute atomic E-state index is 0. The fourth-order valence-corrected chi connectivity index (χ4v) is 3.68. The lowest BCUT2D eigenvalue weighted by atomic mass is 10.1. The normalized spacial score (nSPS) is 15.7. The minimum atomic E-state index is -0.0748.